The zero-order valence-electron chi connectivity index (χ0n) is 12.1. The van der Waals surface area contributed by atoms with E-state index in [1.54, 1.807) is 7.11 Å². The number of hydrogen-bond donors (Lipinski definition) is 2. The quantitative estimate of drug-likeness (QED) is 0.890. The summed E-state index contributed by atoms with van der Waals surface area (Å²) >= 11 is 0. The van der Waals surface area contributed by atoms with Crippen LogP contribution in [0.4, 0.5) is 10.5 Å². The molecule has 2 rings (SSSR count). The van der Waals surface area contributed by atoms with Crippen LogP contribution >= 0.6 is 0 Å². The largest absolute Gasteiger partial charge is 0.495 e. The van der Waals surface area contributed by atoms with E-state index in [0.717, 1.165) is 19.4 Å². The van der Waals surface area contributed by atoms with Crippen LogP contribution < -0.4 is 15.8 Å². The molecule has 110 valence electrons. The Balaban J connectivity index is 2.07. The number of piperidine rings is 1. The summed E-state index contributed by atoms with van der Waals surface area (Å²) in [5.74, 6) is 1.29. The molecule has 1 fully saturated rings. The molecule has 1 aliphatic heterocycles. The number of nitrogens with two attached hydrogens (primary N) is 1. The molecule has 2 unspecified atom stereocenters. The molecule has 1 aromatic carbocycles. The number of hydrogen-bond acceptors (Lipinski definition) is 3. The molecule has 1 heterocycles. The van der Waals surface area contributed by atoms with Crippen LogP contribution in [0.2, 0.25) is 0 Å². The van der Waals surface area contributed by atoms with E-state index >= 15 is 0 Å². The molecule has 20 heavy (non-hydrogen) atoms. The van der Waals surface area contributed by atoms with Crippen LogP contribution in [-0.2, 0) is 0 Å². The lowest BCUT2D eigenvalue weighted by atomic mass is 9.93. The first-order valence-corrected chi connectivity index (χ1v) is 7.06. The molecule has 1 aromatic rings. The summed E-state index contributed by atoms with van der Waals surface area (Å²) in [6.45, 7) is 3.46. The molecule has 2 amide bonds. The first kappa shape index (κ1) is 14.7. The van der Waals surface area contributed by atoms with Crippen molar-refractivity contribution in [1.29, 1.82) is 0 Å². The number of nitrogens with one attached hydrogen (secondary N) is 1. The lowest BCUT2D eigenvalue weighted by Gasteiger charge is -2.37. The maximum absolute atomic E-state index is 12.4. The first-order valence-electron chi connectivity index (χ1n) is 7.06. The Morgan fingerprint density at radius 3 is 2.95 bits per heavy atom. The molecule has 2 atom stereocenters. The monoisotopic (exact) mass is 277 g/mol. The van der Waals surface area contributed by atoms with Crippen molar-refractivity contribution in [2.45, 2.75) is 25.8 Å². The minimum atomic E-state index is -0.100. The molecule has 0 bridgehead atoms. The van der Waals surface area contributed by atoms with E-state index in [2.05, 4.69) is 12.2 Å². The maximum Gasteiger partial charge on any atom is 0.322 e. The van der Waals surface area contributed by atoms with Gasteiger partial charge in [-0.05, 0) is 30.9 Å². The SMILES string of the molecule is COc1ccccc1NC(=O)N1CCC(C)CC1CN. The van der Waals surface area contributed by atoms with Gasteiger partial charge in [0.05, 0.1) is 12.8 Å². The number of nitrogens with zero attached hydrogens (tertiary/aromatic N) is 1. The van der Waals surface area contributed by atoms with Crippen LogP contribution in [0.5, 0.6) is 5.75 Å². The van der Waals surface area contributed by atoms with Gasteiger partial charge in [0, 0.05) is 19.1 Å². The third-order valence-electron chi connectivity index (χ3n) is 3.86. The van der Waals surface area contributed by atoms with Gasteiger partial charge in [0.25, 0.3) is 0 Å². The Hall–Kier alpha value is -1.75. The maximum atomic E-state index is 12.4. The van der Waals surface area contributed by atoms with Crippen LogP contribution in [0.3, 0.4) is 0 Å². The standard InChI is InChI=1S/C15H23N3O2/c1-11-7-8-18(12(9-11)10-16)15(19)17-13-5-3-4-6-14(13)20-2/h3-6,11-12H,7-10,16H2,1-2H3,(H,17,19). The van der Waals surface area contributed by atoms with Crippen molar-refractivity contribution in [1.82, 2.24) is 4.90 Å². The van der Waals surface area contributed by atoms with Gasteiger partial charge in [0.1, 0.15) is 5.75 Å². The Kier molecular flexibility index (Phi) is 4.84. The predicted molar refractivity (Wildman–Crippen MR) is 80.0 cm³/mol. The number of anilines is 1. The summed E-state index contributed by atoms with van der Waals surface area (Å²) < 4.78 is 5.25. The highest BCUT2D eigenvalue weighted by Crippen LogP contribution is 2.26. The second-order valence-electron chi connectivity index (χ2n) is 5.34. The number of ether oxygens (including phenoxy) is 1. The fourth-order valence-electron chi connectivity index (χ4n) is 2.68. The molecular formula is C15H23N3O2. The normalized spacial score (nSPS) is 22.4. The predicted octanol–water partition coefficient (Wildman–Crippen LogP) is 2.29. The third kappa shape index (κ3) is 3.22. The Morgan fingerprint density at radius 1 is 1.50 bits per heavy atom. The molecule has 0 aromatic heterocycles. The Morgan fingerprint density at radius 2 is 2.25 bits per heavy atom. The molecule has 5 nitrogen and oxygen atoms in total. The summed E-state index contributed by atoms with van der Waals surface area (Å²) in [5.41, 5.74) is 6.49. The van der Waals surface area contributed by atoms with Crippen molar-refractivity contribution in [3.63, 3.8) is 0 Å². The first-order chi connectivity index (χ1) is 9.65. The van der Waals surface area contributed by atoms with Crippen LogP contribution in [-0.4, -0.2) is 37.2 Å². The Bertz CT molecular complexity index is 464. The van der Waals surface area contributed by atoms with Gasteiger partial charge in [-0.3, -0.25) is 0 Å². The van der Waals surface area contributed by atoms with Crippen molar-refractivity contribution < 1.29 is 9.53 Å². The van der Waals surface area contributed by atoms with Crippen LogP contribution in [0.25, 0.3) is 0 Å². The summed E-state index contributed by atoms with van der Waals surface area (Å²) in [5, 5.41) is 2.92. The average Bonchev–Trinajstić information content (AvgIpc) is 2.47. The molecule has 0 spiro atoms. The highest BCUT2D eigenvalue weighted by Gasteiger charge is 2.29. The van der Waals surface area contributed by atoms with Crippen molar-refractivity contribution >= 4 is 11.7 Å². The van der Waals surface area contributed by atoms with Gasteiger partial charge in [0.2, 0.25) is 0 Å². The van der Waals surface area contributed by atoms with E-state index < -0.39 is 0 Å². The van der Waals surface area contributed by atoms with E-state index in [9.17, 15) is 4.79 Å². The number of carbonyl (C=O) groups is 1. The summed E-state index contributed by atoms with van der Waals surface area (Å²) in [4.78, 5) is 14.3. The number of methoxy groups -OCH3 is 1. The lowest BCUT2D eigenvalue weighted by molar-refractivity contribution is 0.145. The smallest absolute Gasteiger partial charge is 0.322 e. The second-order valence-corrected chi connectivity index (χ2v) is 5.34. The molecule has 0 saturated carbocycles. The molecular weight excluding hydrogens is 254 g/mol. The van der Waals surface area contributed by atoms with Crippen molar-refractivity contribution in [2.24, 2.45) is 11.7 Å². The number of benzene rings is 1. The molecule has 3 N–H and O–H groups in total. The van der Waals surface area contributed by atoms with Crippen LogP contribution in [0.15, 0.2) is 24.3 Å². The van der Waals surface area contributed by atoms with Gasteiger partial charge in [-0.1, -0.05) is 19.1 Å². The van der Waals surface area contributed by atoms with Gasteiger partial charge in [-0.25, -0.2) is 4.79 Å². The minimum absolute atomic E-state index is 0.100. The van der Waals surface area contributed by atoms with Gasteiger partial charge in [-0.15, -0.1) is 0 Å². The van der Waals surface area contributed by atoms with Crippen LogP contribution in [0, 0.1) is 5.92 Å². The third-order valence-corrected chi connectivity index (χ3v) is 3.86. The second kappa shape index (κ2) is 6.61. The Labute approximate surface area is 120 Å². The zero-order chi connectivity index (χ0) is 14.5. The van der Waals surface area contributed by atoms with Crippen molar-refractivity contribution in [3.8, 4) is 5.75 Å². The number of para-hydroxylation sites is 2. The number of likely N-dealkylation sites (tertiary alicyclic amines) is 1. The van der Waals surface area contributed by atoms with Gasteiger partial charge >= 0.3 is 6.03 Å². The number of carbonyl (C=O) groups excluding carboxylic acids is 1. The average molecular weight is 277 g/mol. The molecule has 1 aliphatic rings. The van der Waals surface area contributed by atoms with E-state index in [-0.39, 0.29) is 12.1 Å². The summed E-state index contributed by atoms with van der Waals surface area (Å²) in [6, 6.07) is 7.43. The number of rotatable bonds is 3. The summed E-state index contributed by atoms with van der Waals surface area (Å²) in [7, 11) is 1.59. The van der Waals surface area contributed by atoms with Gasteiger partial charge in [-0.2, -0.15) is 0 Å². The van der Waals surface area contributed by atoms with Crippen LogP contribution in [0.1, 0.15) is 19.8 Å². The minimum Gasteiger partial charge on any atom is -0.495 e. The highest BCUT2D eigenvalue weighted by atomic mass is 16.5. The van der Waals surface area contributed by atoms with Crippen molar-refractivity contribution in [3.05, 3.63) is 24.3 Å². The number of urea groups is 1. The molecule has 1 saturated heterocycles. The number of amides is 2. The molecule has 5 heteroatoms. The zero-order valence-corrected chi connectivity index (χ0v) is 12.1. The van der Waals surface area contributed by atoms with E-state index in [1.807, 2.05) is 29.2 Å². The summed E-state index contributed by atoms with van der Waals surface area (Å²) in [6.07, 6.45) is 1.99. The topological polar surface area (TPSA) is 67.6 Å². The fourth-order valence-corrected chi connectivity index (χ4v) is 2.68. The van der Waals surface area contributed by atoms with Gasteiger partial charge in [0.15, 0.2) is 0 Å². The molecule has 0 radical (unpaired) electrons. The van der Waals surface area contributed by atoms with Crippen molar-refractivity contribution in [2.75, 3.05) is 25.5 Å². The fraction of sp³-hybridized carbons (Fsp3) is 0.533. The lowest BCUT2D eigenvalue weighted by Crippen LogP contribution is -2.50. The van der Waals surface area contributed by atoms with E-state index in [1.165, 1.54) is 0 Å². The van der Waals surface area contributed by atoms with Gasteiger partial charge < -0.3 is 20.7 Å². The highest BCUT2D eigenvalue weighted by molar-refractivity contribution is 5.91. The van der Waals surface area contributed by atoms with E-state index in [0.29, 0.717) is 23.9 Å². The van der Waals surface area contributed by atoms with E-state index in [4.69, 9.17) is 10.5 Å². The molecule has 0 aliphatic carbocycles.